The lowest BCUT2D eigenvalue weighted by Gasteiger charge is -2.23. The summed E-state index contributed by atoms with van der Waals surface area (Å²) < 4.78 is 1.65. The molecule has 19 heavy (non-hydrogen) atoms. The van der Waals surface area contributed by atoms with Crippen LogP contribution in [0.15, 0.2) is 30.6 Å². The van der Waals surface area contributed by atoms with Crippen LogP contribution in [0, 0.1) is 5.41 Å². The second-order valence-electron chi connectivity index (χ2n) is 5.18. The summed E-state index contributed by atoms with van der Waals surface area (Å²) in [6, 6.07) is 7.94. The summed E-state index contributed by atoms with van der Waals surface area (Å²) in [7, 11) is 1.79. The van der Waals surface area contributed by atoms with Crippen LogP contribution in [0.2, 0.25) is 0 Å². The van der Waals surface area contributed by atoms with Crippen molar-refractivity contribution in [1.82, 2.24) is 14.8 Å². The minimum Gasteiger partial charge on any atom is -0.481 e. The van der Waals surface area contributed by atoms with Gasteiger partial charge in [0.15, 0.2) is 0 Å². The molecular weight excluding hydrogens is 242 g/mol. The summed E-state index contributed by atoms with van der Waals surface area (Å²) in [5.74, 6) is -0.0399. The highest BCUT2D eigenvalue weighted by Gasteiger charge is 2.44. The van der Waals surface area contributed by atoms with E-state index in [1.807, 2.05) is 24.3 Å². The topological polar surface area (TPSA) is 68.0 Å². The first-order chi connectivity index (χ1) is 9.11. The van der Waals surface area contributed by atoms with E-state index in [-0.39, 0.29) is 0 Å². The summed E-state index contributed by atoms with van der Waals surface area (Å²) in [6.45, 7) is 0. The number of benzene rings is 1. The highest BCUT2D eigenvalue weighted by Crippen LogP contribution is 2.39. The van der Waals surface area contributed by atoms with Gasteiger partial charge in [0.2, 0.25) is 0 Å². The van der Waals surface area contributed by atoms with Gasteiger partial charge in [0.05, 0.1) is 5.41 Å². The quantitative estimate of drug-likeness (QED) is 0.898. The zero-order valence-corrected chi connectivity index (χ0v) is 10.7. The Bertz CT molecular complexity index is 608. The van der Waals surface area contributed by atoms with Crippen LogP contribution in [0.4, 0.5) is 0 Å². The molecule has 1 aromatic heterocycles. The summed E-state index contributed by atoms with van der Waals surface area (Å²) in [5, 5.41) is 13.7. The average Bonchev–Trinajstić information content (AvgIpc) is 2.94. The second kappa shape index (κ2) is 4.19. The molecule has 0 bridgehead atoms. The third kappa shape index (κ3) is 1.91. The van der Waals surface area contributed by atoms with Crippen LogP contribution in [0.1, 0.15) is 17.0 Å². The molecule has 98 valence electrons. The number of carbonyl (C=O) groups is 1. The second-order valence-corrected chi connectivity index (χ2v) is 5.18. The molecule has 1 aliphatic rings. The molecular formula is C14H15N3O2. The number of hydrogen-bond acceptors (Lipinski definition) is 3. The molecule has 0 spiro atoms. The molecule has 0 aliphatic heterocycles. The highest BCUT2D eigenvalue weighted by atomic mass is 16.4. The van der Waals surface area contributed by atoms with Gasteiger partial charge in [-0.1, -0.05) is 24.3 Å². The van der Waals surface area contributed by atoms with Gasteiger partial charge >= 0.3 is 5.97 Å². The molecule has 5 heteroatoms. The van der Waals surface area contributed by atoms with Crippen molar-refractivity contribution in [3.63, 3.8) is 0 Å². The Labute approximate surface area is 110 Å². The predicted octanol–water partition coefficient (Wildman–Crippen LogP) is 1.23. The van der Waals surface area contributed by atoms with Gasteiger partial charge in [0.25, 0.3) is 0 Å². The van der Waals surface area contributed by atoms with Crippen LogP contribution in [-0.4, -0.2) is 25.8 Å². The van der Waals surface area contributed by atoms with E-state index >= 15 is 0 Å². The van der Waals surface area contributed by atoms with Crippen molar-refractivity contribution in [1.29, 1.82) is 0 Å². The zero-order chi connectivity index (χ0) is 13.5. The lowest BCUT2D eigenvalue weighted by Crippen LogP contribution is -2.35. The van der Waals surface area contributed by atoms with Crippen molar-refractivity contribution in [2.24, 2.45) is 12.5 Å². The molecule has 1 aromatic carbocycles. The van der Waals surface area contributed by atoms with Gasteiger partial charge in [-0.2, -0.15) is 5.10 Å². The molecule has 0 fully saturated rings. The lowest BCUT2D eigenvalue weighted by atomic mass is 9.81. The molecule has 3 rings (SSSR count). The molecule has 5 nitrogen and oxygen atoms in total. The van der Waals surface area contributed by atoms with Crippen molar-refractivity contribution in [3.05, 3.63) is 47.5 Å². The first-order valence-corrected chi connectivity index (χ1v) is 6.24. The number of carboxylic acid groups (broad SMARTS) is 1. The first-order valence-electron chi connectivity index (χ1n) is 6.24. The van der Waals surface area contributed by atoms with E-state index in [2.05, 4.69) is 10.1 Å². The fraction of sp³-hybridized carbons (Fsp3) is 0.357. The number of aryl methyl sites for hydroxylation is 1. The molecule has 0 amide bonds. The van der Waals surface area contributed by atoms with E-state index in [1.165, 1.54) is 6.33 Å². The number of aliphatic carboxylic acids is 1. The number of aromatic nitrogens is 3. The molecule has 0 radical (unpaired) electrons. The van der Waals surface area contributed by atoms with Gasteiger partial charge in [-0.3, -0.25) is 9.48 Å². The Morgan fingerprint density at radius 1 is 1.37 bits per heavy atom. The Hall–Kier alpha value is -2.17. The monoisotopic (exact) mass is 257 g/mol. The average molecular weight is 257 g/mol. The van der Waals surface area contributed by atoms with Crippen molar-refractivity contribution in [2.45, 2.75) is 19.3 Å². The number of carboxylic acids is 1. The number of rotatable bonds is 3. The highest BCUT2D eigenvalue weighted by molar-refractivity contribution is 5.77. The van der Waals surface area contributed by atoms with Crippen LogP contribution < -0.4 is 0 Å². The van der Waals surface area contributed by atoms with Crippen LogP contribution in [0.5, 0.6) is 0 Å². The van der Waals surface area contributed by atoms with Crippen LogP contribution in [0.25, 0.3) is 0 Å². The maximum atomic E-state index is 11.8. The summed E-state index contributed by atoms with van der Waals surface area (Å²) in [5.41, 5.74) is 1.48. The van der Waals surface area contributed by atoms with E-state index < -0.39 is 11.4 Å². The van der Waals surface area contributed by atoms with Crippen molar-refractivity contribution in [3.8, 4) is 0 Å². The Balaban J connectivity index is 1.96. The fourth-order valence-electron chi connectivity index (χ4n) is 2.83. The Kier molecular flexibility index (Phi) is 2.62. The minimum absolute atomic E-state index is 0.410. The predicted molar refractivity (Wildman–Crippen MR) is 68.6 cm³/mol. The van der Waals surface area contributed by atoms with Crippen molar-refractivity contribution < 1.29 is 9.90 Å². The Morgan fingerprint density at radius 3 is 2.47 bits per heavy atom. The smallest absolute Gasteiger partial charge is 0.310 e. The number of hydrogen-bond donors (Lipinski definition) is 1. The van der Waals surface area contributed by atoms with E-state index in [4.69, 9.17) is 0 Å². The molecule has 0 unspecified atom stereocenters. The van der Waals surface area contributed by atoms with Gasteiger partial charge in [-0.05, 0) is 24.0 Å². The minimum atomic E-state index is -0.787. The summed E-state index contributed by atoms with van der Waals surface area (Å²) in [6.07, 6.45) is 3.00. The molecule has 0 saturated heterocycles. The number of nitrogens with zero attached hydrogens (tertiary/aromatic N) is 3. The van der Waals surface area contributed by atoms with E-state index in [0.29, 0.717) is 19.3 Å². The Morgan fingerprint density at radius 2 is 2.00 bits per heavy atom. The van der Waals surface area contributed by atoms with Crippen LogP contribution >= 0.6 is 0 Å². The van der Waals surface area contributed by atoms with Crippen LogP contribution in [0.3, 0.4) is 0 Å². The normalized spacial score (nSPS) is 16.3. The molecule has 2 aromatic rings. The maximum Gasteiger partial charge on any atom is 0.310 e. The van der Waals surface area contributed by atoms with Crippen LogP contribution in [-0.2, 0) is 31.1 Å². The SMILES string of the molecule is Cn1ncnc1CC1(C(=O)O)Cc2ccccc2C1. The van der Waals surface area contributed by atoms with Gasteiger partial charge < -0.3 is 5.11 Å². The molecule has 0 saturated carbocycles. The fourth-order valence-corrected chi connectivity index (χ4v) is 2.83. The third-order valence-electron chi connectivity index (χ3n) is 3.93. The zero-order valence-electron chi connectivity index (χ0n) is 10.7. The largest absolute Gasteiger partial charge is 0.481 e. The van der Waals surface area contributed by atoms with Crippen molar-refractivity contribution >= 4 is 5.97 Å². The van der Waals surface area contributed by atoms with Gasteiger partial charge in [-0.15, -0.1) is 0 Å². The lowest BCUT2D eigenvalue weighted by molar-refractivity contribution is -0.148. The molecule has 1 N–H and O–H groups in total. The summed E-state index contributed by atoms with van der Waals surface area (Å²) >= 11 is 0. The summed E-state index contributed by atoms with van der Waals surface area (Å²) in [4.78, 5) is 15.9. The first kappa shape index (κ1) is 11.9. The van der Waals surface area contributed by atoms with Gasteiger partial charge in [0.1, 0.15) is 12.2 Å². The molecule has 1 heterocycles. The molecule has 1 aliphatic carbocycles. The maximum absolute atomic E-state index is 11.8. The van der Waals surface area contributed by atoms with Gasteiger partial charge in [0, 0.05) is 13.5 Å². The van der Waals surface area contributed by atoms with Crippen molar-refractivity contribution in [2.75, 3.05) is 0 Å². The third-order valence-corrected chi connectivity index (χ3v) is 3.93. The molecule has 0 atom stereocenters. The number of fused-ring (bicyclic) bond motifs is 1. The van der Waals surface area contributed by atoms with E-state index in [0.717, 1.165) is 17.0 Å². The van der Waals surface area contributed by atoms with Gasteiger partial charge in [-0.25, -0.2) is 4.98 Å². The van der Waals surface area contributed by atoms with E-state index in [1.54, 1.807) is 11.7 Å². The van der Waals surface area contributed by atoms with E-state index in [9.17, 15) is 9.90 Å². The standard InChI is InChI=1S/C14H15N3O2/c1-17-12(15-9-16-17)8-14(13(18)19)6-10-4-2-3-5-11(10)7-14/h2-5,9H,6-8H2,1H3,(H,18,19).